The van der Waals surface area contributed by atoms with Crippen LogP contribution in [-0.2, 0) is 12.8 Å². The van der Waals surface area contributed by atoms with Crippen molar-refractivity contribution in [2.24, 2.45) is 0 Å². The summed E-state index contributed by atoms with van der Waals surface area (Å²) in [4.78, 5) is 15.1. The van der Waals surface area contributed by atoms with E-state index >= 15 is 0 Å². The Morgan fingerprint density at radius 1 is 1.24 bits per heavy atom. The average Bonchev–Trinajstić information content (AvgIpc) is 3.24. The van der Waals surface area contributed by atoms with Gasteiger partial charge < -0.3 is 10.2 Å². The molecule has 2 heterocycles. The molecule has 2 aromatic rings. The van der Waals surface area contributed by atoms with Crippen LogP contribution >= 0.6 is 0 Å². The normalized spacial score (nSPS) is 17.5. The minimum atomic E-state index is 0.0809. The molecule has 0 bridgehead atoms. The van der Waals surface area contributed by atoms with Gasteiger partial charge in [0.2, 0.25) is 0 Å². The van der Waals surface area contributed by atoms with Gasteiger partial charge in [0.15, 0.2) is 5.69 Å². The van der Waals surface area contributed by atoms with Crippen molar-refractivity contribution >= 4 is 5.91 Å². The van der Waals surface area contributed by atoms with Gasteiger partial charge in [-0.15, -0.1) is 0 Å². The molecule has 1 aliphatic carbocycles. The molecule has 1 fully saturated rings. The second-order valence-corrected chi connectivity index (χ2v) is 7.22. The Hall–Kier alpha value is -2.14. The number of nitrogens with zero attached hydrogens (tertiary/aromatic N) is 3. The van der Waals surface area contributed by atoms with Crippen LogP contribution in [0.5, 0.6) is 0 Å². The molecule has 4 rings (SSSR count). The van der Waals surface area contributed by atoms with E-state index in [0.717, 1.165) is 56.4 Å². The van der Waals surface area contributed by atoms with E-state index in [1.807, 2.05) is 28.8 Å². The minimum Gasteiger partial charge on any atom is -0.337 e. The number of aryl methyl sites for hydroxylation is 1. The van der Waals surface area contributed by atoms with E-state index in [4.69, 9.17) is 5.10 Å². The van der Waals surface area contributed by atoms with Crippen molar-refractivity contribution in [3.63, 3.8) is 0 Å². The number of carbonyl (C=O) groups excluding carboxylic acids is 1. The smallest absolute Gasteiger partial charge is 0.274 e. The summed E-state index contributed by atoms with van der Waals surface area (Å²) < 4.78 is 2.02. The van der Waals surface area contributed by atoms with E-state index in [-0.39, 0.29) is 5.91 Å². The number of para-hydroxylation sites is 1. The maximum atomic E-state index is 13.2. The van der Waals surface area contributed by atoms with E-state index in [1.165, 1.54) is 11.3 Å². The summed E-state index contributed by atoms with van der Waals surface area (Å²) in [5.41, 5.74) is 5.32. The van der Waals surface area contributed by atoms with Gasteiger partial charge in [-0.1, -0.05) is 18.2 Å². The highest BCUT2D eigenvalue weighted by molar-refractivity contribution is 5.94. The van der Waals surface area contributed by atoms with Crippen LogP contribution < -0.4 is 5.32 Å². The first-order valence-electron chi connectivity index (χ1n) is 9.31. The van der Waals surface area contributed by atoms with Crippen molar-refractivity contribution in [3.8, 4) is 5.69 Å². The zero-order valence-electron chi connectivity index (χ0n) is 15.1. The Morgan fingerprint density at radius 2 is 2.00 bits per heavy atom. The summed E-state index contributed by atoms with van der Waals surface area (Å²) in [6, 6.07) is 8.58. The fourth-order valence-corrected chi connectivity index (χ4v) is 4.14. The molecule has 0 radical (unpaired) electrons. The van der Waals surface area contributed by atoms with Crippen LogP contribution in [0.4, 0.5) is 0 Å². The molecule has 0 saturated carbocycles. The third-order valence-corrected chi connectivity index (χ3v) is 5.65. The highest BCUT2D eigenvalue weighted by Crippen LogP contribution is 2.30. The highest BCUT2D eigenvalue weighted by Gasteiger charge is 2.31. The lowest BCUT2D eigenvalue weighted by Crippen LogP contribution is -2.44. The van der Waals surface area contributed by atoms with E-state index in [9.17, 15) is 4.79 Å². The second-order valence-electron chi connectivity index (χ2n) is 7.22. The van der Waals surface area contributed by atoms with Crippen molar-refractivity contribution in [1.82, 2.24) is 20.0 Å². The van der Waals surface area contributed by atoms with E-state index < -0.39 is 0 Å². The fraction of sp³-hybridized carbons (Fsp3) is 0.500. The maximum absolute atomic E-state index is 13.2. The quantitative estimate of drug-likeness (QED) is 0.935. The van der Waals surface area contributed by atoms with Crippen molar-refractivity contribution < 1.29 is 4.79 Å². The molecule has 132 valence electrons. The molecular formula is C20H26N4O. The molecule has 0 atom stereocenters. The van der Waals surface area contributed by atoms with Gasteiger partial charge in [-0.3, -0.25) is 4.79 Å². The van der Waals surface area contributed by atoms with Crippen molar-refractivity contribution in [2.45, 2.75) is 45.1 Å². The number of hydrogen-bond acceptors (Lipinski definition) is 3. The number of piperidine rings is 1. The van der Waals surface area contributed by atoms with Crippen LogP contribution in [0, 0.1) is 6.92 Å². The van der Waals surface area contributed by atoms with Gasteiger partial charge in [0, 0.05) is 24.3 Å². The predicted octanol–water partition coefficient (Wildman–Crippen LogP) is 2.49. The van der Waals surface area contributed by atoms with Gasteiger partial charge in [-0.2, -0.15) is 5.10 Å². The monoisotopic (exact) mass is 338 g/mol. The molecule has 0 spiro atoms. The molecule has 0 unspecified atom stereocenters. The highest BCUT2D eigenvalue weighted by atomic mass is 16.2. The first-order chi connectivity index (χ1) is 12.2. The van der Waals surface area contributed by atoms with Crippen LogP contribution in [0.2, 0.25) is 0 Å². The van der Waals surface area contributed by atoms with Crippen LogP contribution in [0.15, 0.2) is 24.3 Å². The average molecular weight is 338 g/mol. The molecule has 1 aromatic heterocycles. The number of rotatable bonds is 3. The second kappa shape index (κ2) is 6.64. The standard InChI is InChI=1S/C20H26N4O/c1-14-6-3-4-8-17(14)24-18-9-5-7-16(18)19(22-24)20(25)23(2)15-10-12-21-13-11-15/h3-4,6,8,15,21H,5,7,9-13H2,1-2H3. The number of carbonyl (C=O) groups is 1. The fourth-order valence-electron chi connectivity index (χ4n) is 4.14. The SMILES string of the molecule is Cc1ccccc1-n1nc(C(=O)N(C)C2CCNCC2)c2c1CCC2. The lowest BCUT2D eigenvalue weighted by molar-refractivity contribution is 0.0695. The number of hydrogen-bond donors (Lipinski definition) is 1. The van der Waals surface area contributed by atoms with E-state index in [2.05, 4.69) is 24.4 Å². The largest absolute Gasteiger partial charge is 0.337 e. The number of amides is 1. The maximum Gasteiger partial charge on any atom is 0.274 e. The van der Waals surface area contributed by atoms with Crippen LogP contribution in [0.1, 0.15) is 46.6 Å². The topological polar surface area (TPSA) is 50.2 Å². The summed E-state index contributed by atoms with van der Waals surface area (Å²) in [5.74, 6) is 0.0809. The Balaban J connectivity index is 1.70. The molecule has 5 nitrogen and oxygen atoms in total. The van der Waals surface area contributed by atoms with Crippen LogP contribution in [0.3, 0.4) is 0 Å². The Morgan fingerprint density at radius 3 is 2.76 bits per heavy atom. The Kier molecular flexibility index (Phi) is 4.34. The zero-order chi connectivity index (χ0) is 17.4. The molecule has 1 N–H and O–H groups in total. The van der Waals surface area contributed by atoms with Gasteiger partial charge in [-0.05, 0) is 63.7 Å². The predicted molar refractivity (Wildman–Crippen MR) is 98.3 cm³/mol. The van der Waals surface area contributed by atoms with Crippen LogP contribution in [0.25, 0.3) is 5.69 Å². The molecular weight excluding hydrogens is 312 g/mol. The Labute approximate surface area is 149 Å². The molecule has 1 aliphatic heterocycles. The van der Waals surface area contributed by atoms with Gasteiger partial charge in [0.1, 0.15) is 0 Å². The van der Waals surface area contributed by atoms with Crippen molar-refractivity contribution in [3.05, 3.63) is 46.8 Å². The number of aromatic nitrogens is 2. The van der Waals surface area contributed by atoms with E-state index in [0.29, 0.717) is 11.7 Å². The third-order valence-electron chi connectivity index (χ3n) is 5.65. The number of fused-ring (bicyclic) bond motifs is 1. The van der Waals surface area contributed by atoms with Gasteiger partial charge in [0.25, 0.3) is 5.91 Å². The summed E-state index contributed by atoms with van der Waals surface area (Å²) in [6.45, 7) is 4.07. The molecule has 25 heavy (non-hydrogen) atoms. The van der Waals surface area contributed by atoms with Gasteiger partial charge in [0.05, 0.1) is 5.69 Å². The first-order valence-corrected chi connectivity index (χ1v) is 9.31. The summed E-state index contributed by atoms with van der Waals surface area (Å²) in [7, 11) is 1.94. The van der Waals surface area contributed by atoms with Gasteiger partial charge >= 0.3 is 0 Å². The molecule has 1 saturated heterocycles. The first kappa shape index (κ1) is 16.3. The Bertz CT molecular complexity index is 789. The van der Waals surface area contributed by atoms with E-state index in [1.54, 1.807) is 0 Å². The summed E-state index contributed by atoms with van der Waals surface area (Å²) in [6.07, 6.45) is 5.10. The lowest BCUT2D eigenvalue weighted by Gasteiger charge is -2.31. The molecule has 1 aromatic carbocycles. The number of benzene rings is 1. The van der Waals surface area contributed by atoms with Crippen molar-refractivity contribution in [2.75, 3.05) is 20.1 Å². The molecule has 1 amide bonds. The third kappa shape index (κ3) is 2.86. The summed E-state index contributed by atoms with van der Waals surface area (Å²) >= 11 is 0. The van der Waals surface area contributed by atoms with Crippen LogP contribution in [-0.4, -0.2) is 46.8 Å². The lowest BCUT2D eigenvalue weighted by atomic mass is 10.0. The molecule has 5 heteroatoms. The minimum absolute atomic E-state index is 0.0809. The molecule has 2 aliphatic rings. The summed E-state index contributed by atoms with van der Waals surface area (Å²) in [5, 5.41) is 8.15. The zero-order valence-corrected chi connectivity index (χ0v) is 15.1. The number of nitrogens with one attached hydrogen (secondary N) is 1. The van der Waals surface area contributed by atoms with Crippen molar-refractivity contribution in [1.29, 1.82) is 0 Å². The van der Waals surface area contributed by atoms with Gasteiger partial charge in [-0.25, -0.2) is 4.68 Å².